The van der Waals surface area contributed by atoms with E-state index < -0.39 is 5.60 Å². The van der Waals surface area contributed by atoms with E-state index in [-0.39, 0.29) is 12.5 Å². The first-order chi connectivity index (χ1) is 7.29. The Hall–Kier alpha value is -1.06. The van der Waals surface area contributed by atoms with E-state index in [1.54, 1.807) is 45.2 Å². The van der Waals surface area contributed by atoms with Gasteiger partial charge >= 0.3 is 0 Å². The second kappa shape index (κ2) is 4.85. The van der Waals surface area contributed by atoms with Crippen LogP contribution in [-0.4, -0.2) is 35.1 Å². The van der Waals surface area contributed by atoms with Crippen LogP contribution in [0.3, 0.4) is 0 Å². The van der Waals surface area contributed by atoms with Crippen molar-refractivity contribution in [3.8, 4) is 0 Å². The lowest BCUT2D eigenvalue weighted by atomic mass is 10.1. The Morgan fingerprint density at radius 3 is 2.31 bits per heavy atom. The van der Waals surface area contributed by atoms with Gasteiger partial charge in [0.2, 0.25) is 0 Å². The lowest BCUT2D eigenvalue weighted by Crippen LogP contribution is -2.39. The Bertz CT molecular complexity index is 368. The maximum Gasteiger partial charge on any atom is 0.253 e. The maximum absolute atomic E-state index is 11.9. The Balaban J connectivity index is 2.74. The van der Waals surface area contributed by atoms with Crippen molar-refractivity contribution in [2.24, 2.45) is 0 Å². The predicted molar refractivity (Wildman–Crippen MR) is 64.7 cm³/mol. The molecule has 4 heteroatoms. The molecule has 0 atom stereocenters. The van der Waals surface area contributed by atoms with Crippen molar-refractivity contribution in [3.63, 3.8) is 0 Å². The molecule has 0 saturated heterocycles. The Morgan fingerprint density at radius 1 is 1.38 bits per heavy atom. The zero-order chi connectivity index (χ0) is 12.3. The van der Waals surface area contributed by atoms with Crippen LogP contribution in [0.2, 0.25) is 5.02 Å². The number of likely N-dealkylation sites (N-methyl/N-ethyl adjacent to an activating group) is 1. The Morgan fingerprint density at radius 2 is 1.88 bits per heavy atom. The van der Waals surface area contributed by atoms with Crippen molar-refractivity contribution < 1.29 is 9.90 Å². The SMILES string of the molecule is CN(CC(C)(C)O)C(=O)c1ccc(Cl)cc1. The number of hydrogen-bond acceptors (Lipinski definition) is 2. The van der Waals surface area contributed by atoms with Crippen molar-refractivity contribution >= 4 is 17.5 Å². The third-order valence-electron chi connectivity index (χ3n) is 2.06. The molecule has 0 aliphatic heterocycles. The molecular weight excluding hydrogens is 226 g/mol. The molecule has 0 fully saturated rings. The lowest BCUT2D eigenvalue weighted by molar-refractivity contribution is 0.0368. The first-order valence-corrected chi connectivity index (χ1v) is 5.41. The quantitative estimate of drug-likeness (QED) is 0.881. The fourth-order valence-corrected chi connectivity index (χ4v) is 1.59. The predicted octanol–water partition coefficient (Wildman–Crippen LogP) is 2.18. The van der Waals surface area contributed by atoms with Gasteiger partial charge in [-0.25, -0.2) is 0 Å². The monoisotopic (exact) mass is 241 g/mol. The summed E-state index contributed by atoms with van der Waals surface area (Å²) in [6.07, 6.45) is 0. The van der Waals surface area contributed by atoms with Crippen LogP contribution in [0, 0.1) is 0 Å². The summed E-state index contributed by atoms with van der Waals surface area (Å²) in [7, 11) is 1.66. The highest BCUT2D eigenvalue weighted by atomic mass is 35.5. The normalized spacial score (nSPS) is 11.3. The van der Waals surface area contributed by atoms with Crippen molar-refractivity contribution in [3.05, 3.63) is 34.9 Å². The third-order valence-corrected chi connectivity index (χ3v) is 2.31. The highest BCUT2D eigenvalue weighted by Gasteiger charge is 2.20. The summed E-state index contributed by atoms with van der Waals surface area (Å²) >= 11 is 5.74. The average molecular weight is 242 g/mol. The van der Waals surface area contributed by atoms with Gasteiger partial charge in [-0.05, 0) is 38.1 Å². The van der Waals surface area contributed by atoms with Crippen LogP contribution in [0.1, 0.15) is 24.2 Å². The second-order valence-electron chi connectivity index (χ2n) is 4.48. The largest absolute Gasteiger partial charge is 0.389 e. The van der Waals surface area contributed by atoms with Gasteiger partial charge in [0.15, 0.2) is 0 Å². The molecule has 0 aromatic heterocycles. The van der Waals surface area contributed by atoms with Crippen LogP contribution in [0.25, 0.3) is 0 Å². The highest BCUT2D eigenvalue weighted by Crippen LogP contribution is 2.12. The zero-order valence-electron chi connectivity index (χ0n) is 9.70. The summed E-state index contributed by atoms with van der Waals surface area (Å²) in [6.45, 7) is 3.62. The molecule has 3 nitrogen and oxygen atoms in total. The van der Waals surface area contributed by atoms with E-state index in [0.29, 0.717) is 10.6 Å². The van der Waals surface area contributed by atoms with E-state index >= 15 is 0 Å². The minimum Gasteiger partial charge on any atom is -0.389 e. The van der Waals surface area contributed by atoms with E-state index in [2.05, 4.69) is 0 Å². The molecule has 1 rings (SSSR count). The van der Waals surface area contributed by atoms with Crippen LogP contribution in [0.5, 0.6) is 0 Å². The molecule has 88 valence electrons. The van der Waals surface area contributed by atoms with Gasteiger partial charge < -0.3 is 10.0 Å². The first kappa shape index (κ1) is 13.0. The van der Waals surface area contributed by atoms with Crippen LogP contribution < -0.4 is 0 Å². The number of carbonyl (C=O) groups is 1. The molecule has 1 amide bonds. The van der Waals surface area contributed by atoms with Gasteiger partial charge in [0.05, 0.1) is 5.60 Å². The fraction of sp³-hybridized carbons (Fsp3) is 0.417. The van der Waals surface area contributed by atoms with Crippen molar-refractivity contribution in [1.29, 1.82) is 0 Å². The minimum absolute atomic E-state index is 0.126. The van der Waals surface area contributed by atoms with Gasteiger partial charge in [-0.15, -0.1) is 0 Å². The first-order valence-electron chi connectivity index (χ1n) is 5.03. The molecule has 0 bridgehead atoms. The van der Waals surface area contributed by atoms with E-state index in [9.17, 15) is 9.90 Å². The van der Waals surface area contributed by atoms with E-state index in [1.165, 1.54) is 4.90 Å². The van der Waals surface area contributed by atoms with Gasteiger partial charge in [-0.3, -0.25) is 4.79 Å². The number of aliphatic hydroxyl groups is 1. The molecule has 0 aliphatic rings. The van der Waals surface area contributed by atoms with Crippen LogP contribution in [0.4, 0.5) is 0 Å². The maximum atomic E-state index is 11.9. The summed E-state index contributed by atoms with van der Waals surface area (Å²) in [5.41, 5.74) is -0.326. The molecule has 0 aliphatic carbocycles. The van der Waals surface area contributed by atoms with Gasteiger partial charge in [-0.2, -0.15) is 0 Å². The summed E-state index contributed by atoms with van der Waals surface area (Å²) < 4.78 is 0. The fourth-order valence-electron chi connectivity index (χ4n) is 1.47. The van der Waals surface area contributed by atoms with Crippen molar-refractivity contribution in [2.45, 2.75) is 19.4 Å². The third kappa shape index (κ3) is 3.83. The average Bonchev–Trinajstić information content (AvgIpc) is 2.15. The van der Waals surface area contributed by atoms with Gasteiger partial charge in [0, 0.05) is 24.2 Å². The van der Waals surface area contributed by atoms with E-state index in [0.717, 1.165) is 0 Å². The Labute approximate surface area is 101 Å². The molecule has 1 aromatic carbocycles. The summed E-state index contributed by atoms with van der Waals surface area (Å²) in [5, 5.41) is 10.2. The number of amides is 1. The standard InChI is InChI=1S/C12H16ClNO2/c1-12(2,16)8-14(3)11(15)9-4-6-10(13)7-5-9/h4-7,16H,8H2,1-3H3. The lowest BCUT2D eigenvalue weighted by Gasteiger charge is -2.25. The molecule has 0 unspecified atom stereocenters. The van der Waals surface area contributed by atoms with Crippen LogP contribution in [0.15, 0.2) is 24.3 Å². The summed E-state index contributed by atoms with van der Waals surface area (Å²) in [5.74, 6) is -0.126. The molecular formula is C12H16ClNO2. The van der Waals surface area contributed by atoms with Crippen LogP contribution >= 0.6 is 11.6 Å². The highest BCUT2D eigenvalue weighted by molar-refractivity contribution is 6.30. The minimum atomic E-state index is -0.892. The molecule has 0 saturated carbocycles. The van der Waals surface area contributed by atoms with Gasteiger partial charge in [-0.1, -0.05) is 11.6 Å². The summed E-state index contributed by atoms with van der Waals surface area (Å²) in [6, 6.07) is 6.69. The molecule has 0 heterocycles. The Kier molecular flexibility index (Phi) is 3.94. The molecule has 0 radical (unpaired) electrons. The molecule has 1 N–H and O–H groups in total. The molecule has 1 aromatic rings. The van der Waals surface area contributed by atoms with Crippen LogP contribution in [-0.2, 0) is 0 Å². The number of nitrogens with zero attached hydrogens (tertiary/aromatic N) is 1. The second-order valence-corrected chi connectivity index (χ2v) is 4.92. The van der Waals surface area contributed by atoms with Gasteiger partial charge in [0.1, 0.15) is 0 Å². The smallest absolute Gasteiger partial charge is 0.253 e. The topological polar surface area (TPSA) is 40.5 Å². The molecule has 0 spiro atoms. The number of carbonyl (C=O) groups excluding carboxylic acids is 1. The summed E-state index contributed by atoms with van der Waals surface area (Å²) in [4.78, 5) is 13.4. The number of rotatable bonds is 3. The van der Waals surface area contributed by atoms with E-state index in [1.807, 2.05) is 0 Å². The number of hydrogen-bond donors (Lipinski definition) is 1. The van der Waals surface area contributed by atoms with Crippen molar-refractivity contribution in [1.82, 2.24) is 4.90 Å². The molecule has 16 heavy (non-hydrogen) atoms. The van der Waals surface area contributed by atoms with Gasteiger partial charge in [0.25, 0.3) is 5.91 Å². The zero-order valence-corrected chi connectivity index (χ0v) is 10.5. The van der Waals surface area contributed by atoms with E-state index in [4.69, 9.17) is 11.6 Å². The number of benzene rings is 1. The van der Waals surface area contributed by atoms with Crippen molar-refractivity contribution in [2.75, 3.05) is 13.6 Å². The number of halogens is 1.